The fourth-order valence-corrected chi connectivity index (χ4v) is 3.24. The van der Waals surface area contributed by atoms with Gasteiger partial charge in [0.25, 0.3) is 5.91 Å². The van der Waals surface area contributed by atoms with Gasteiger partial charge in [0.2, 0.25) is 0 Å². The van der Waals surface area contributed by atoms with Crippen molar-refractivity contribution < 1.29 is 14.3 Å². The van der Waals surface area contributed by atoms with Gasteiger partial charge in [-0.1, -0.05) is 6.07 Å². The summed E-state index contributed by atoms with van der Waals surface area (Å²) < 4.78 is 10.6. The first-order valence-electron chi connectivity index (χ1n) is 8.13. The quantitative estimate of drug-likeness (QED) is 0.704. The van der Waals surface area contributed by atoms with Crippen LogP contribution < -0.4 is 14.8 Å². The standard InChI is InChI=1S/C20H20N2O3S/c1-13(14-5-7-18(24-2)19(10-14)25-3)22-20(23)15-4-6-17(21-11-15)16-8-9-26-12-16/h4-13H,1-3H3,(H,22,23)/t13-/m0/s1. The first-order valence-corrected chi connectivity index (χ1v) is 9.08. The Morgan fingerprint density at radius 3 is 2.54 bits per heavy atom. The SMILES string of the molecule is COc1ccc([C@H](C)NC(=O)c2ccc(-c3ccsc3)nc2)cc1OC. The second-order valence-electron chi connectivity index (χ2n) is 5.75. The van der Waals surface area contributed by atoms with Crippen LogP contribution in [0.4, 0.5) is 0 Å². The molecule has 1 N–H and O–H groups in total. The number of thiophene rings is 1. The zero-order valence-electron chi connectivity index (χ0n) is 14.9. The van der Waals surface area contributed by atoms with Crippen LogP contribution in [0.15, 0.2) is 53.4 Å². The maximum absolute atomic E-state index is 12.5. The van der Waals surface area contributed by atoms with Gasteiger partial charge in [0, 0.05) is 17.1 Å². The van der Waals surface area contributed by atoms with Gasteiger partial charge in [-0.15, -0.1) is 0 Å². The largest absolute Gasteiger partial charge is 0.493 e. The number of nitrogens with one attached hydrogen (secondary N) is 1. The van der Waals surface area contributed by atoms with Crippen LogP contribution >= 0.6 is 11.3 Å². The van der Waals surface area contributed by atoms with Crippen LogP contribution in [-0.2, 0) is 0 Å². The van der Waals surface area contributed by atoms with Crippen LogP contribution in [0.2, 0.25) is 0 Å². The third kappa shape index (κ3) is 3.86. The zero-order valence-corrected chi connectivity index (χ0v) is 15.7. The lowest BCUT2D eigenvalue weighted by atomic mass is 10.1. The summed E-state index contributed by atoms with van der Waals surface area (Å²) in [5.41, 5.74) is 3.37. The van der Waals surface area contributed by atoms with E-state index in [1.165, 1.54) is 0 Å². The van der Waals surface area contributed by atoms with Crippen LogP contribution in [0.5, 0.6) is 11.5 Å². The van der Waals surface area contributed by atoms with E-state index in [9.17, 15) is 4.79 Å². The molecule has 2 heterocycles. The molecule has 1 aromatic carbocycles. The Morgan fingerprint density at radius 2 is 1.92 bits per heavy atom. The number of amides is 1. The summed E-state index contributed by atoms with van der Waals surface area (Å²) >= 11 is 1.62. The number of hydrogen-bond donors (Lipinski definition) is 1. The van der Waals surface area contributed by atoms with E-state index in [1.54, 1.807) is 37.8 Å². The summed E-state index contributed by atoms with van der Waals surface area (Å²) in [4.78, 5) is 16.9. The van der Waals surface area contributed by atoms with E-state index >= 15 is 0 Å². The number of hydrogen-bond acceptors (Lipinski definition) is 5. The van der Waals surface area contributed by atoms with Crippen molar-refractivity contribution in [3.05, 3.63) is 64.5 Å². The molecule has 134 valence electrons. The predicted molar refractivity (Wildman–Crippen MR) is 103 cm³/mol. The van der Waals surface area contributed by atoms with Crippen molar-refractivity contribution in [3.63, 3.8) is 0 Å². The molecule has 0 bridgehead atoms. The smallest absolute Gasteiger partial charge is 0.253 e. The molecule has 0 fully saturated rings. The van der Waals surface area contributed by atoms with Gasteiger partial charge in [0.15, 0.2) is 11.5 Å². The number of nitrogens with zero attached hydrogens (tertiary/aromatic N) is 1. The number of pyridine rings is 1. The molecule has 0 saturated heterocycles. The minimum absolute atomic E-state index is 0.170. The molecule has 0 saturated carbocycles. The molecule has 0 aliphatic rings. The van der Waals surface area contributed by atoms with Crippen molar-refractivity contribution in [1.82, 2.24) is 10.3 Å². The summed E-state index contributed by atoms with van der Waals surface area (Å²) in [7, 11) is 3.18. The van der Waals surface area contributed by atoms with Gasteiger partial charge in [0.05, 0.1) is 31.5 Å². The number of rotatable bonds is 6. The van der Waals surface area contributed by atoms with E-state index < -0.39 is 0 Å². The van der Waals surface area contributed by atoms with E-state index in [0.717, 1.165) is 16.8 Å². The van der Waals surface area contributed by atoms with Crippen molar-refractivity contribution >= 4 is 17.2 Å². The number of aromatic nitrogens is 1. The molecule has 5 nitrogen and oxygen atoms in total. The van der Waals surface area contributed by atoms with Crippen molar-refractivity contribution in [3.8, 4) is 22.8 Å². The minimum Gasteiger partial charge on any atom is -0.493 e. The second kappa shape index (κ2) is 8.01. The van der Waals surface area contributed by atoms with Crippen LogP contribution in [0.25, 0.3) is 11.3 Å². The van der Waals surface area contributed by atoms with Crippen molar-refractivity contribution in [2.24, 2.45) is 0 Å². The average molecular weight is 368 g/mol. The molecule has 0 aliphatic heterocycles. The molecule has 3 aromatic rings. The first-order chi connectivity index (χ1) is 12.6. The Bertz CT molecular complexity index is 877. The molecule has 3 rings (SSSR count). The van der Waals surface area contributed by atoms with Crippen LogP contribution in [-0.4, -0.2) is 25.1 Å². The molecule has 0 aliphatic carbocycles. The van der Waals surface area contributed by atoms with Gasteiger partial charge in [-0.05, 0) is 48.2 Å². The predicted octanol–water partition coefficient (Wildman–Crippen LogP) is 4.32. The van der Waals surface area contributed by atoms with Gasteiger partial charge in [-0.25, -0.2) is 0 Å². The summed E-state index contributed by atoms with van der Waals surface area (Å²) in [5, 5.41) is 7.01. The fraction of sp³-hybridized carbons (Fsp3) is 0.200. The van der Waals surface area contributed by atoms with E-state index in [4.69, 9.17) is 9.47 Å². The van der Waals surface area contributed by atoms with E-state index in [1.807, 2.05) is 48.0 Å². The highest BCUT2D eigenvalue weighted by Crippen LogP contribution is 2.30. The zero-order chi connectivity index (χ0) is 18.5. The van der Waals surface area contributed by atoms with Gasteiger partial charge in [0.1, 0.15) is 0 Å². The van der Waals surface area contributed by atoms with Crippen LogP contribution in [0.1, 0.15) is 28.9 Å². The molecule has 2 aromatic heterocycles. The molecule has 0 spiro atoms. The third-order valence-electron chi connectivity index (χ3n) is 4.10. The maximum Gasteiger partial charge on any atom is 0.253 e. The lowest BCUT2D eigenvalue weighted by molar-refractivity contribution is 0.0939. The van der Waals surface area contributed by atoms with Crippen molar-refractivity contribution in [2.45, 2.75) is 13.0 Å². The van der Waals surface area contributed by atoms with Crippen molar-refractivity contribution in [1.29, 1.82) is 0 Å². The number of benzene rings is 1. The van der Waals surface area contributed by atoms with Gasteiger partial charge < -0.3 is 14.8 Å². The summed E-state index contributed by atoms with van der Waals surface area (Å²) in [6.07, 6.45) is 1.60. The normalized spacial score (nSPS) is 11.7. The highest BCUT2D eigenvalue weighted by molar-refractivity contribution is 7.08. The van der Waals surface area contributed by atoms with Crippen LogP contribution in [0, 0.1) is 0 Å². The molecule has 6 heteroatoms. The highest BCUT2D eigenvalue weighted by Gasteiger charge is 2.14. The Hall–Kier alpha value is -2.86. The molecule has 1 amide bonds. The monoisotopic (exact) mass is 368 g/mol. The van der Waals surface area contributed by atoms with Crippen molar-refractivity contribution in [2.75, 3.05) is 14.2 Å². The van der Waals surface area contributed by atoms with Gasteiger partial charge in [-0.2, -0.15) is 11.3 Å². The number of ether oxygens (including phenoxy) is 2. The first kappa shape index (κ1) is 17.9. The minimum atomic E-state index is -0.182. The Kier molecular flexibility index (Phi) is 5.53. The lowest BCUT2D eigenvalue weighted by Gasteiger charge is -2.16. The molecule has 1 atom stereocenters. The Morgan fingerprint density at radius 1 is 1.12 bits per heavy atom. The third-order valence-corrected chi connectivity index (χ3v) is 4.78. The number of carbonyl (C=O) groups is 1. The topological polar surface area (TPSA) is 60.5 Å². The maximum atomic E-state index is 12.5. The molecular formula is C20H20N2O3S. The van der Waals surface area contributed by atoms with E-state index in [-0.39, 0.29) is 11.9 Å². The Balaban J connectivity index is 1.71. The molecule has 0 radical (unpaired) electrons. The van der Waals surface area contributed by atoms with Crippen LogP contribution in [0.3, 0.4) is 0 Å². The fourth-order valence-electron chi connectivity index (χ4n) is 2.59. The summed E-state index contributed by atoms with van der Waals surface area (Å²) in [5.74, 6) is 1.12. The van der Waals surface area contributed by atoms with E-state index in [2.05, 4.69) is 10.3 Å². The number of methoxy groups -OCH3 is 2. The van der Waals surface area contributed by atoms with E-state index in [0.29, 0.717) is 17.1 Å². The second-order valence-corrected chi connectivity index (χ2v) is 6.53. The average Bonchev–Trinajstić information content (AvgIpc) is 3.22. The lowest BCUT2D eigenvalue weighted by Crippen LogP contribution is -2.26. The Labute approximate surface area is 156 Å². The molecule has 0 unspecified atom stereocenters. The molecular weight excluding hydrogens is 348 g/mol. The number of carbonyl (C=O) groups excluding carboxylic acids is 1. The summed E-state index contributed by atoms with van der Waals surface area (Å²) in [6, 6.07) is 11.1. The van der Waals surface area contributed by atoms with Gasteiger partial charge >= 0.3 is 0 Å². The highest BCUT2D eigenvalue weighted by atomic mass is 32.1. The van der Waals surface area contributed by atoms with Gasteiger partial charge in [-0.3, -0.25) is 9.78 Å². The summed E-state index contributed by atoms with van der Waals surface area (Å²) in [6.45, 7) is 1.92. The molecule has 26 heavy (non-hydrogen) atoms.